The second-order valence-corrected chi connectivity index (χ2v) is 5.31. The number of carbonyl (C=O) groups excluding carboxylic acids is 2. The molecule has 6 nitrogen and oxygen atoms in total. The van der Waals surface area contributed by atoms with E-state index in [9.17, 15) is 9.59 Å². The number of hydrogen-bond acceptors (Lipinski definition) is 5. The van der Waals surface area contributed by atoms with Gasteiger partial charge in [-0.25, -0.2) is 4.79 Å². The molecule has 0 spiro atoms. The molecule has 1 aliphatic heterocycles. The van der Waals surface area contributed by atoms with Crippen LogP contribution in [-0.2, 0) is 14.3 Å². The standard InChI is InChI=1S/C12H22N2O4.ClH/c1-12(2,3)18-11(16)14-7-5-6-13-9(8-14)10(15)17-4;/h9,13H,5-8H2,1-4H3;1H. The molecule has 1 N–H and O–H groups in total. The smallest absolute Gasteiger partial charge is 0.410 e. The molecule has 7 heteroatoms. The summed E-state index contributed by atoms with van der Waals surface area (Å²) in [5, 5.41) is 3.06. The Labute approximate surface area is 120 Å². The van der Waals surface area contributed by atoms with E-state index in [2.05, 4.69) is 5.32 Å². The molecule has 1 unspecified atom stereocenters. The Bertz CT molecular complexity index is 317. The van der Waals surface area contributed by atoms with E-state index >= 15 is 0 Å². The first-order chi connectivity index (χ1) is 8.33. The second-order valence-electron chi connectivity index (χ2n) is 5.31. The van der Waals surface area contributed by atoms with Gasteiger partial charge in [-0.3, -0.25) is 4.79 Å². The van der Waals surface area contributed by atoms with Crippen LogP contribution < -0.4 is 5.32 Å². The number of esters is 1. The molecule has 1 saturated heterocycles. The summed E-state index contributed by atoms with van der Waals surface area (Å²) in [5.74, 6) is -0.356. The van der Waals surface area contributed by atoms with Crippen molar-refractivity contribution in [3.63, 3.8) is 0 Å². The molecular formula is C12H23ClN2O4. The molecule has 112 valence electrons. The molecule has 0 aliphatic carbocycles. The van der Waals surface area contributed by atoms with Crippen LogP contribution in [0.5, 0.6) is 0 Å². The Morgan fingerprint density at radius 1 is 1.32 bits per heavy atom. The minimum Gasteiger partial charge on any atom is -0.468 e. The van der Waals surface area contributed by atoms with Crippen molar-refractivity contribution in [2.75, 3.05) is 26.7 Å². The minimum absolute atomic E-state index is 0. The van der Waals surface area contributed by atoms with E-state index in [1.54, 1.807) is 4.90 Å². The Morgan fingerprint density at radius 2 is 1.95 bits per heavy atom. The summed E-state index contributed by atoms with van der Waals surface area (Å²) in [5.41, 5.74) is -0.530. The van der Waals surface area contributed by atoms with Gasteiger partial charge >= 0.3 is 12.1 Å². The van der Waals surface area contributed by atoms with E-state index in [0.717, 1.165) is 6.42 Å². The van der Waals surface area contributed by atoms with Gasteiger partial charge in [0.15, 0.2) is 0 Å². The van der Waals surface area contributed by atoms with Crippen molar-refractivity contribution in [2.45, 2.75) is 38.8 Å². The average Bonchev–Trinajstić information content (AvgIpc) is 2.51. The van der Waals surface area contributed by atoms with E-state index < -0.39 is 11.6 Å². The monoisotopic (exact) mass is 294 g/mol. The third-order valence-electron chi connectivity index (χ3n) is 2.54. The van der Waals surface area contributed by atoms with Gasteiger partial charge in [0, 0.05) is 6.54 Å². The van der Waals surface area contributed by atoms with Crippen LogP contribution in [0.4, 0.5) is 4.79 Å². The fourth-order valence-corrected chi connectivity index (χ4v) is 1.71. The quantitative estimate of drug-likeness (QED) is 0.736. The van der Waals surface area contributed by atoms with E-state index in [0.29, 0.717) is 13.1 Å². The number of halogens is 1. The highest BCUT2D eigenvalue weighted by Gasteiger charge is 2.29. The number of ether oxygens (including phenoxy) is 2. The second kappa shape index (κ2) is 7.55. The van der Waals surface area contributed by atoms with Crippen molar-refractivity contribution >= 4 is 24.5 Å². The molecule has 1 amide bonds. The normalized spacial score (nSPS) is 20.0. The number of nitrogens with one attached hydrogen (secondary N) is 1. The zero-order valence-corrected chi connectivity index (χ0v) is 12.7. The first kappa shape index (κ1) is 18.0. The summed E-state index contributed by atoms with van der Waals surface area (Å²) in [7, 11) is 1.34. The molecule has 0 aromatic heterocycles. The van der Waals surface area contributed by atoms with Gasteiger partial charge in [-0.2, -0.15) is 0 Å². The number of methoxy groups -OCH3 is 1. The van der Waals surface area contributed by atoms with Crippen molar-refractivity contribution < 1.29 is 19.1 Å². The maximum absolute atomic E-state index is 11.9. The summed E-state index contributed by atoms with van der Waals surface area (Å²) < 4.78 is 10.00. The molecule has 19 heavy (non-hydrogen) atoms. The van der Waals surface area contributed by atoms with Crippen LogP contribution in [0.15, 0.2) is 0 Å². The third-order valence-corrected chi connectivity index (χ3v) is 2.54. The number of amides is 1. The van der Waals surface area contributed by atoms with E-state index in [1.165, 1.54) is 7.11 Å². The van der Waals surface area contributed by atoms with Crippen LogP contribution in [0.2, 0.25) is 0 Å². The predicted molar refractivity (Wildman–Crippen MR) is 73.5 cm³/mol. The van der Waals surface area contributed by atoms with Crippen LogP contribution in [0.3, 0.4) is 0 Å². The van der Waals surface area contributed by atoms with Crippen molar-refractivity contribution in [1.29, 1.82) is 0 Å². The Morgan fingerprint density at radius 3 is 2.47 bits per heavy atom. The SMILES string of the molecule is COC(=O)C1CN(C(=O)OC(C)(C)C)CCCN1.Cl. The molecule has 1 heterocycles. The van der Waals surface area contributed by atoms with Gasteiger partial charge in [0.25, 0.3) is 0 Å². The van der Waals surface area contributed by atoms with Crippen LogP contribution in [0.25, 0.3) is 0 Å². The summed E-state index contributed by atoms with van der Waals surface area (Å²) in [6, 6.07) is -0.481. The fourth-order valence-electron chi connectivity index (χ4n) is 1.71. The first-order valence-corrected chi connectivity index (χ1v) is 6.12. The minimum atomic E-state index is -0.530. The third kappa shape index (κ3) is 6.11. The molecule has 0 radical (unpaired) electrons. The highest BCUT2D eigenvalue weighted by atomic mass is 35.5. The molecule has 1 atom stereocenters. The van der Waals surface area contributed by atoms with Crippen molar-refractivity contribution in [2.24, 2.45) is 0 Å². The summed E-state index contributed by atoms with van der Waals surface area (Å²) in [4.78, 5) is 25.0. The molecule has 0 bridgehead atoms. The molecule has 1 aliphatic rings. The summed E-state index contributed by atoms with van der Waals surface area (Å²) >= 11 is 0. The summed E-state index contributed by atoms with van der Waals surface area (Å²) in [6.45, 7) is 6.99. The largest absolute Gasteiger partial charge is 0.468 e. The number of nitrogens with zero attached hydrogens (tertiary/aromatic N) is 1. The van der Waals surface area contributed by atoms with Gasteiger partial charge < -0.3 is 19.7 Å². The number of rotatable bonds is 1. The van der Waals surface area contributed by atoms with E-state index in [-0.39, 0.29) is 31.0 Å². The van der Waals surface area contributed by atoms with Crippen LogP contribution in [0.1, 0.15) is 27.2 Å². The fraction of sp³-hybridized carbons (Fsp3) is 0.833. The maximum atomic E-state index is 11.9. The van der Waals surface area contributed by atoms with Gasteiger partial charge in [-0.05, 0) is 33.7 Å². The lowest BCUT2D eigenvalue weighted by atomic mass is 10.2. The zero-order chi connectivity index (χ0) is 13.8. The molecule has 0 aromatic carbocycles. The van der Waals surface area contributed by atoms with Crippen molar-refractivity contribution in [3.8, 4) is 0 Å². The van der Waals surface area contributed by atoms with Crippen molar-refractivity contribution in [1.82, 2.24) is 10.2 Å². The lowest BCUT2D eigenvalue weighted by molar-refractivity contribution is -0.143. The first-order valence-electron chi connectivity index (χ1n) is 6.12. The lowest BCUT2D eigenvalue weighted by Crippen LogP contribution is -2.47. The predicted octanol–water partition coefficient (Wildman–Crippen LogP) is 1.18. The number of carbonyl (C=O) groups is 2. The highest BCUT2D eigenvalue weighted by molar-refractivity contribution is 5.85. The van der Waals surface area contributed by atoms with Gasteiger partial charge in [-0.1, -0.05) is 0 Å². The van der Waals surface area contributed by atoms with Crippen molar-refractivity contribution in [3.05, 3.63) is 0 Å². The molecule has 0 saturated carbocycles. The van der Waals surface area contributed by atoms with Crippen LogP contribution >= 0.6 is 12.4 Å². The molecule has 1 fully saturated rings. The lowest BCUT2D eigenvalue weighted by Gasteiger charge is -2.27. The Hall–Kier alpha value is -1.01. The van der Waals surface area contributed by atoms with Gasteiger partial charge in [-0.15, -0.1) is 12.4 Å². The molecule has 0 aromatic rings. The topological polar surface area (TPSA) is 67.9 Å². The van der Waals surface area contributed by atoms with Crippen LogP contribution in [0, 0.1) is 0 Å². The zero-order valence-electron chi connectivity index (χ0n) is 11.9. The van der Waals surface area contributed by atoms with E-state index in [4.69, 9.17) is 9.47 Å². The Balaban J connectivity index is 0.00000324. The van der Waals surface area contributed by atoms with Gasteiger partial charge in [0.1, 0.15) is 11.6 Å². The summed E-state index contributed by atoms with van der Waals surface area (Å²) in [6.07, 6.45) is 0.396. The van der Waals surface area contributed by atoms with Gasteiger partial charge in [0.2, 0.25) is 0 Å². The average molecular weight is 295 g/mol. The number of hydrogen-bond donors (Lipinski definition) is 1. The highest BCUT2D eigenvalue weighted by Crippen LogP contribution is 2.12. The van der Waals surface area contributed by atoms with E-state index in [1.807, 2.05) is 20.8 Å². The van der Waals surface area contributed by atoms with Gasteiger partial charge in [0.05, 0.1) is 13.7 Å². The maximum Gasteiger partial charge on any atom is 0.410 e. The Kier molecular flexibility index (Phi) is 7.15. The molecular weight excluding hydrogens is 272 g/mol. The molecule has 1 rings (SSSR count). The van der Waals surface area contributed by atoms with Crippen LogP contribution in [-0.4, -0.2) is 55.3 Å².